The van der Waals surface area contributed by atoms with Crippen LogP contribution in [0, 0.1) is 38.5 Å². The van der Waals surface area contributed by atoms with E-state index in [1.54, 1.807) is 27.4 Å². The van der Waals surface area contributed by atoms with Crippen molar-refractivity contribution in [2.24, 2.45) is 17.8 Å². The summed E-state index contributed by atoms with van der Waals surface area (Å²) < 4.78 is 67.7. The van der Waals surface area contributed by atoms with Gasteiger partial charge in [0.2, 0.25) is 0 Å². The van der Waals surface area contributed by atoms with E-state index in [1.807, 2.05) is 101 Å². The van der Waals surface area contributed by atoms with E-state index in [-0.39, 0.29) is 92.7 Å². The van der Waals surface area contributed by atoms with Crippen molar-refractivity contribution in [2.75, 3.05) is 81.5 Å². The predicted octanol–water partition coefficient (Wildman–Crippen LogP) is 14.5. The zero-order chi connectivity index (χ0) is 65.7. The van der Waals surface area contributed by atoms with Crippen LogP contribution in [-0.4, -0.2) is 159 Å². The van der Waals surface area contributed by atoms with Gasteiger partial charge in [0.05, 0.1) is 54.8 Å². The molecule has 6 unspecified atom stereocenters. The van der Waals surface area contributed by atoms with Crippen molar-refractivity contribution in [2.45, 2.75) is 155 Å². The van der Waals surface area contributed by atoms with E-state index in [0.717, 1.165) is 52.6 Å². The van der Waals surface area contributed by atoms with Gasteiger partial charge in [0.25, 0.3) is 0 Å². The molecule has 21 heteroatoms. The minimum Gasteiger partial charge on any atom is -0.459 e. The molecule has 0 saturated heterocycles. The molecule has 6 radical (unpaired) electrons. The topological polar surface area (TPSA) is 162 Å². The third kappa shape index (κ3) is 30.6. The molecule has 5 rings (SSSR count). The molecule has 0 aliphatic carbocycles. The third-order valence-electron chi connectivity index (χ3n) is 15.2. The quantitative estimate of drug-likeness (QED) is 0.0155. The average Bonchev–Trinajstić information content (AvgIpc) is 3.69. The summed E-state index contributed by atoms with van der Waals surface area (Å²) in [6.07, 6.45) is 18.8. The van der Waals surface area contributed by atoms with Gasteiger partial charge >= 0.3 is 17.9 Å². The maximum Gasteiger partial charge on any atom is 0.338 e. The fourth-order valence-corrected chi connectivity index (χ4v) is 11.6. The fraction of sp³-hybridized carbons (Fsp3) is 0.574. The Morgan fingerprint density at radius 1 is 0.652 bits per heavy atom. The Hall–Kier alpha value is -3.85. The molecule has 486 valence electrons. The first-order chi connectivity index (χ1) is 42.7. The lowest BCUT2D eigenvalue weighted by Gasteiger charge is -2.28. The summed E-state index contributed by atoms with van der Waals surface area (Å²) in [7, 11) is 19.2. The van der Waals surface area contributed by atoms with Crippen LogP contribution in [-0.2, 0) is 75.5 Å². The third-order valence-corrected chi connectivity index (χ3v) is 17.0. The van der Waals surface area contributed by atoms with Crippen molar-refractivity contribution >= 4 is 64.7 Å². The molecule has 3 aromatic carbocycles. The van der Waals surface area contributed by atoms with Gasteiger partial charge in [-0.2, -0.15) is 0 Å². The van der Waals surface area contributed by atoms with Gasteiger partial charge in [-0.05, 0) is 155 Å². The first-order valence-electron chi connectivity index (χ1n) is 30.7. The van der Waals surface area contributed by atoms with Crippen molar-refractivity contribution in [3.05, 3.63) is 154 Å². The van der Waals surface area contributed by atoms with Gasteiger partial charge in [-0.3, -0.25) is 0 Å². The number of hydrogen-bond donors (Lipinski definition) is 0. The number of fused-ring (bicyclic) bond motifs is 2. The number of benzene rings is 3. The minimum absolute atomic E-state index is 0.0887. The van der Waals surface area contributed by atoms with Crippen molar-refractivity contribution in [3.8, 4) is 0 Å². The molecule has 0 bridgehead atoms. The highest BCUT2D eigenvalue weighted by molar-refractivity contribution is 7.78. The summed E-state index contributed by atoms with van der Waals surface area (Å²) in [5.41, 5.74) is 7.51. The van der Waals surface area contributed by atoms with E-state index >= 15 is 0 Å². The second-order valence-electron chi connectivity index (χ2n) is 22.7. The van der Waals surface area contributed by atoms with Crippen LogP contribution in [0.4, 0.5) is 0 Å². The van der Waals surface area contributed by atoms with E-state index in [9.17, 15) is 14.4 Å². The highest BCUT2D eigenvalue weighted by Gasteiger charge is 2.31. The van der Waals surface area contributed by atoms with E-state index in [2.05, 4.69) is 58.2 Å². The summed E-state index contributed by atoms with van der Waals surface area (Å²) in [6.45, 7) is 27.2. The highest BCUT2D eigenvalue weighted by Crippen LogP contribution is 2.32. The van der Waals surface area contributed by atoms with Crippen LogP contribution < -0.4 is 0 Å². The summed E-state index contributed by atoms with van der Waals surface area (Å²) in [6, 6.07) is 17.6. The summed E-state index contributed by atoms with van der Waals surface area (Å²) >= 11 is 0. The number of methoxy groups -OCH3 is 3. The molecule has 0 saturated carbocycles. The molecular formula is C68H100B3O15P3. The Labute approximate surface area is 541 Å². The van der Waals surface area contributed by atoms with Crippen LogP contribution in [0.2, 0.25) is 0 Å². The standard InChI is InChI=1S/C24H36BO5P.2C22H32BO5P/c1-7-10-18(3)22(28-17-27-5)16-21(14-15-29-31(6)25)30-24(26)23-19(4)12-9-13-20(23)11-8-2;2*1-16-8-5-6-10-18-11-7-9-17(2)21(18)22(24)28-19(12-13-27-29(4)23)14-20(16)26-15-25-3/h7-9,12-13,18,21-22H,1-2,10-11,14-17H2,3-6H3;2*5-7,9,11,16,19-20H,8,10,12-15H2,1-4H3/b;6-5+;6-5-/t18-,21?,22+,31?;2*16-,19?,20+,29?/m000/s1. The van der Waals surface area contributed by atoms with E-state index in [0.29, 0.717) is 94.3 Å². The number of rotatable bonds is 30. The van der Waals surface area contributed by atoms with Gasteiger partial charge in [0.15, 0.2) is 0 Å². The summed E-state index contributed by atoms with van der Waals surface area (Å²) in [5, 5.41) is 0. The van der Waals surface area contributed by atoms with Crippen LogP contribution in [0.25, 0.3) is 0 Å². The minimum atomic E-state index is -0.974. The molecule has 0 amide bonds. The number of cyclic esters (lactones) is 2. The molecule has 15 nitrogen and oxygen atoms in total. The molecule has 12 atom stereocenters. The smallest absolute Gasteiger partial charge is 0.338 e. The molecular weight excluding hydrogens is 1180 g/mol. The molecule has 0 fully saturated rings. The average molecular weight is 1280 g/mol. The normalized spacial score (nSPS) is 21.7. The van der Waals surface area contributed by atoms with Gasteiger partial charge in [0, 0.05) is 59.9 Å². The second-order valence-corrected chi connectivity index (χ2v) is 26.8. The van der Waals surface area contributed by atoms with Gasteiger partial charge in [-0.15, -0.1) is 13.2 Å². The van der Waals surface area contributed by atoms with Crippen molar-refractivity contribution in [3.63, 3.8) is 0 Å². The van der Waals surface area contributed by atoms with Crippen molar-refractivity contribution in [1.29, 1.82) is 0 Å². The van der Waals surface area contributed by atoms with Gasteiger partial charge in [0.1, 0.15) is 61.4 Å². The Bertz CT molecular complexity index is 2490. The Balaban J connectivity index is 0.000000349. The Kier molecular flexibility index (Phi) is 40.5. The van der Waals surface area contributed by atoms with Crippen LogP contribution in [0.3, 0.4) is 0 Å². The fourth-order valence-electron chi connectivity index (χ4n) is 10.4. The first kappa shape index (κ1) is 79.4. The number of aryl methyl sites for hydroxylation is 3. The highest BCUT2D eigenvalue weighted by atomic mass is 31.1. The lowest BCUT2D eigenvalue weighted by atomic mass is 9.93. The number of carbonyl (C=O) groups is 3. The zero-order valence-corrected chi connectivity index (χ0v) is 57.9. The van der Waals surface area contributed by atoms with Gasteiger partial charge in [-0.25, -0.2) is 14.4 Å². The van der Waals surface area contributed by atoms with E-state index in [1.165, 1.54) is 0 Å². The molecule has 2 heterocycles. The molecule has 0 spiro atoms. The van der Waals surface area contributed by atoms with Gasteiger partial charge in [-0.1, -0.05) is 112 Å². The van der Waals surface area contributed by atoms with Gasteiger partial charge < -0.3 is 56.2 Å². The van der Waals surface area contributed by atoms with E-state index in [4.69, 9.17) is 78.9 Å². The van der Waals surface area contributed by atoms with Crippen LogP contribution in [0.5, 0.6) is 0 Å². The van der Waals surface area contributed by atoms with Crippen LogP contribution in [0.15, 0.2) is 104 Å². The number of hydrogen-bond acceptors (Lipinski definition) is 15. The van der Waals surface area contributed by atoms with Crippen molar-refractivity contribution < 1.29 is 70.6 Å². The molecule has 2 aliphatic heterocycles. The van der Waals surface area contributed by atoms with Crippen LogP contribution >= 0.6 is 24.1 Å². The van der Waals surface area contributed by atoms with E-state index < -0.39 is 24.1 Å². The number of esters is 3. The SMILES string of the molecule is [B]P(C)OCCC(C[C@@H](OCOC)[C@@H](C)CC=C)OC(=O)c1c(C)cccc1CC=C.[B]P(C)OCCC1C[C@@H](OCOC)[C@@H](C)C/C=C/Cc2cccc(C)c2C(=O)O1.[B]P(C)OCCC1C[C@@H](OCOC)[C@@H](C)C/C=C\Cc2cccc(C)c2C(=O)O1. The second kappa shape index (κ2) is 45.4. The van der Waals surface area contributed by atoms with Crippen LogP contribution in [0.1, 0.15) is 143 Å². The maximum absolute atomic E-state index is 13.2. The lowest BCUT2D eigenvalue weighted by Crippen LogP contribution is -2.32. The largest absolute Gasteiger partial charge is 0.459 e. The number of ether oxygens (including phenoxy) is 9. The first-order valence-corrected chi connectivity index (χ1v) is 36.1. The zero-order valence-electron chi connectivity index (χ0n) is 55.2. The molecule has 3 aromatic rings. The Morgan fingerprint density at radius 3 is 1.56 bits per heavy atom. The predicted molar refractivity (Wildman–Crippen MR) is 364 cm³/mol. The monoisotopic (exact) mass is 1280 g/mol. The number of carbonyl (C=O) groups excluding carboxylic acids is 3. The maximum atomic E-state index is 13.2. The molecule has 2 aliphatic rings. The molecule has 0 N–H and O–H groups in total. The Morgan fingerprint density at radius 2 is 1.11 bits per heavy atom. The lowest BCUT2D eigenvalue weighted by molar-refractivity contribution is -0.104. The summed E-state index contributed by atoms with van der Waals surface area (Å²) in [4.78, 5) is 39.3. The molecule has 89 heavy (non-hydrogen) atoms. The summed E-state index contributed by atoms with van der Waals surface area (Å²) in [5.74, 6) is -0.199. The number of allylic oxidation sites excluding steroid dienone is 6. The van der Waals surface area contributed by atoms with Crippen molar-refractivity contribution in [1.82, 2.24) is 0 Å². The molecule has 0 aromatic heterocycles.